The van der Waals surface area contributed by atoms with Crippen LogP contribution >= 0.6 is 22.9 Å². The van der Waals surface area contributed by atoms with Gasteiger partial charge in [-0.2, -0.15) is 5.26 Å². The summed E-state index contributed by atoms with van der Waals surface area (Å²) in [6.45, 7) is 0. The Kier molecular flexibility index (Phi) is 2.40. The van der Waals surface area contributed by atoms with Crippen molar-refractivity contribution in [1.82, 2.24) is 0 Å². The number of nitriles is 1. The molecule has 0 bridgehead atoms. The largest absolute Gasteiger partial charge is 0.205 e. The quantitative estimate of drug-likeness (QED) is 0.725. The number of fused-ring (bicyclic) bond motifs is 1. The summed E-state index contributed by atoms with van der Waals surface area (Å²) in [7, 11) is 0. The van der Waals surface area contributed by atoms with Crippen LogP contribution in [0.1, 0.15) is 5.56 Å². The van der Waals surface area contributed by atoms with Gasteiger partial charge < -0.3 is 0 Å². The van der Waals surface area contributed by atoms with Gasteiger partial charge in [-0.3, -0.25) is 0 Å². The molecule has 1 heterocycles. The zero-order valence-corrected chi connectivity index (χ0v) is 8.62. The Morgan fingerprint density at radius 3 is 3.07 bits per heavy atom. The lowest BCUT2D eigenvalue weighted by molar-refractivity contribution is 0.640. The fourth-order valence-corrected chi connectivity index (χ4v) is 2.50. The minimum Gasteiger partial charge on any atom is -0.205 e. The summed E-state index contributed by atoms with van der Waals surface area (Å²) in [6.07, 6.45) is 0.261. The van der Waals surface area contributed by atoms with Crippen LogP contribution in [0.2, 0.25) is 5.02 Å². The minimum atomic E-state index is -0.399. The topological polar surface area (TPSA) is 23.8 Å². The summed E-state index contributed by atoms with van der Waals surface area (Å²) in [5, 5.41) is 11.0. The van der Waals surface area contributed by atoms with Gasteiger partial charge in [-0.05, 0) is 23.1 Å². The molecule has 0 radical (unpaired) electrons. The van der Waals surface area contributed by atoms with E-state index in [0.29, 0.717) is 5.39 Å². The molecule has 0 atom stereocenters. The molecule has 1 nitrogen and oxygen atoms in total. The van der Waals surface area contributed by atoms with E-state index < -0.39 is 5.82 Å². The van der Waals surface area contributed by atoms with E-state index in [4.69, 9.17) is 16.9 Å². The Balaban J connectivity index is 2.79. The van der Waals surface area contributed by atoms with E-state index in [1.165, 1.54) is 17.4 Å². The van der Waals surface area contributed by atoms with Crippen LogP contribution in [0, 0.1) is 17.1 Å². The molecule has 1 aromatic heterocycles. The van der Waals surface area contributed by atoms with Crippen LogP contribution in [0.25, 0.3) is 10.1 Å². The summed E-state index contributed by atoms with van der Waals surface area (Å²) in [5.41, 5.74) is 0.795. The van der Waals surface area contributed by atoms with Gasteiger partial charge >= 0.3 is 0 Å². The van der Waals surface area contributed by atoms with Gasteiger partial charge in [-0.1, -0.05) is 11.6 Å². The average molecular weight is 226 g/mol. The first-order chi connectivity index (χ1) is 6.74. The van der Waals surface area contributed by atoms with Gasteiger partial charge in [0.25, 0.3) is 0 Å². The monoisotopic (exact) mass is 225 g/mol. The molecule has 2 rings (SSSR count). The van der Waals surface area contributed by atoms with Gasteiger partial charge in [0, 0.05) is 10.1 Å². The van der Waals surface area contributed by atoms with Crippen molar-refractivity contribution in [2.75, 3.05) is 0 Å². The van der Waals surface area contributed by atoms with Crippen molar-refractivity contribution in [3.05, 3.63) is 33.9 Å². The number of nitrogens with zero attached hydrogens (tertiary/aromatic N) is 1. The maximum Gasteiger partial charge on any atom is 0.150 e. The zero-order chi connectivity index (χ0) is 10.1. The highest BCUT2D eigenvalue weighted by atomic mass is 35.5. The molecular formula is C10H5ClFNS. The van der Waals surface area contributed by atoms with Crippen molar-refractivity contribution in [3.8, 4) is 6.07 Å². The molecular weight excluding hydrogens is 221 g/mol. The molecule has 70 valence electrons. The molecule has 0 amide bonds. The predicted octanol–water partition coefficient (Wildman–Crippen LogP) is 3.76. The van der Waals surface area contributed by atoms with E-state index in [9.17, 15) is 4.39 Å². The molecule has 4 heteroatoms. The molecule has 0 unspecified atom stereocenters. The Labute approximate surface area is 89.3 Å². The molecule has 2 aromatic rings. The zero-order valence-electron chi connectivity index (χ0n) is 7.05. The second-order valence-electron chi connectivity index (χ2n) is 2.83. The predicted molar refractivity (Wildman–Crippen MR) is 56.1 cm³/mol. The number of halogens is 2. The first-order valence-corrected chi connectivity index (χ1v) is 5.21. The van der Waals surface area contributed by atoms with E-state index in [0.717, 1.165) is 10.3 Å². The minimum absolute atomic E-state index is 0.0844. The summed E-state index contributed by atoms with van der Waals surface area (Å²) in [5.74, 6) is -0.399. The lowest BCUT2D eigenvalue weighted by atomic mass is 10.1. The summed E-state index contributed by atoms with van der Waals surface area (Å²) in [4.78, 5) is 0. The van der Waals surface area contributed by atoms with Crippen molar-refractivity contribution in [2.24, 2.45) is 0 Å². The molecule has 0 saturated heterocycles. The van der Waals surface area contributed by atoms with Crippen LogP contribution in [-0.4, -0.2) is 0 Å². The second kappa shape index (κ2) is 3.56. The van der Waals surface area contributed by atoms with Crippen molar-refractivity contribution in [3.63, 3.8) is 0 Å². The van der Waals surface area contributed by atoms with Crippen molar-refractivity contribution < 1.29 is 4.39 Å². The Morgan fingerprint density at radius 1 is 1.57 bits per heavy atom. The Hall–Kier alpha value is -1.11. The molecule has 0 aliphatic heterocycles. The van der Waals surface area contributed by atoms with Crippen LogP contribution in [0.4, 0.5) is 4.39 Å². The summed E-state index contributed by atoms with van der Waals surface area (Å²) >= 11 is 7.13. The van der Waals surface area contributed by atoms with Gasteiger partial charge in [-0.15, -0.1) is 11.3 Å². The van der Waals surface area contributed by atoms with E-state index >= 15 is 0 Å². The first-order valence-electron chi connectivity index (χ1n) is 3.95. The van der Waals surface area contributed by atoms with Crippen molar-refractivity contribution >= 4 is 33.0 Å². The molecule has 0 fully saturated rings. The van der Waals surface area contributed by atoms with Gasteiger partial charge in [0.05, 0.1) is 17.5 Å². The molecule has 1 aromatic carbocycles. The number of thiophene rings is 1. The maximum absolute atomic E-state index is 13.4. The highest BCUT2D eigenvalue weighted by Gasteiger charge is 2.11. The molecule has 0 saturated carbocycles. The Morgan fingerprint density at radius 2 is 2.36 bits per heavy atom. The lowest BCUT2D eigenvalue weighted by Gasteiger charge is -2.01. The number of hydrogen-bond acceptors (Lipinski definition) is 2. The third-order valence-electron chi connectivity index (χ3n) is 1.97. The summed E-state index contributed by atoms with van der Waals surface area (Å²) in [6, 6.07) is 5.25. The first kappa shape index (κ1) is 9.45. The van der Waals surface area contributed by atoms with E-state index in [-0.39, 0.29) is 11.4 Å². The normalized spacial score (nSPS) is 10.4. The molecule has 0 spiro atoms. The van der Waals surface area contributed by atoms with Gasteiger partial charge in [0.15, 0.2) is 0 Å². The maximum atomic E-state index is 13.4. The third kappa shape index (κ3) is 1.37. The van der Waals surface area contributed by atoms with E-state index in [1.807, 2.05) is 6.07 Å². The summed E-state index contributed by atoms with van der Waals surface area (Å²) < 4.78 is 14.3. The molecule has 0 aliphatic carbocycles. The van der Waals surface area contributed by atoms with Gasteiger partial charge in [0.1, 0.15) is 5.82 Å². The fourth-order valence-electron chi connectivity index (χ4n) is 1.36. The van der Waals surface area contributed by atoms with Gasteiger partial charge in [-0.25, -0.2) is 4.39 Å². The van der Waals surface area contributed by atoms with E-state index in [2.05, 4.69) is 0 Å². The van der Waals surface area contributed by atoms with Crippen LogP contribution in [0.5, 0.6) is 0 Å². The average Bonchev–Trinajstić information content (AvgIpc) is 2.63. The SMILES string of the molecule is N#CCc1cc(Cl)c(F)c2ccsc12. The second-order valence-corrected chi connectivity index (χ2v) is 4.15. The highest BCUT2D eigenvalue weighted by molar-refractivity contribution is 7.17. The van der Waals surface area contributed by atoms with Crippen LogP contribution < -0.4 is 0 Å². The van der Waals surface area contributed by atoms with Crippen LogP contribution in [-0.2, 0) is 6.42 Å². The van der Waals surface area contributed by atoms with Gasteiger partial charge in [0.2, 0.25) is 0 Å². The van der Waals surface area contributed by atoms with E-state index in [1.54, 1.807) is 11.4 Å². The van der Waals surface area contributed by atoms with Crippen molar-refractivity contribution in [1.29, 1.82) is 5.26 Å². The number of hydrogen-bond donors (Lipinski definition) is 0. The molecule has 0 aliphatic rings. The van der Waals surface area contributed by atoms with Crippen molar-refractivity contribution in [2.45, 2.75) is 6.42 Å². The molecule has 0 N–H and O–H groups in total. The standard InChI is InChI=1S/C10H5ClFNS/c11-8-5-6(1-3-13)10-7(9(8)12)2-4-14-10/h2,4-5H,1H2. The lowest BCUT2D eigenvalue weighted by Crippen LogP contribution is -1.86. The number of benzene rings is 1. The smallest absolute Gasteiger partial charge is 0.150 e. The third-order valence-corrected chi connectivity index (χ3v) is 3.24. The highest BCUT2D eigenvalue weighted by Crippen LogP contribution is 2.32. The fraction of sp³-hybridized carbons (Fsp3) is 0.100. The van der Waals surface area contributed by atoms with Crippen LogP contribution in [0.15, 0.2) is 17.5 Å². The molecule has 14 heavy (non-hydrogen) atoms. The Bertz CT molecular complexity index is 527. The van der Waals surface area contributed by atoms with Crippen LogP contribution in [0.3, 0.4) is 0 Å². The number of rotatable bonds is 1.